The maximum Gasteiger partial charge on any atom is 0.179 e. The van der Waals surface area contributed by atoms with Crippen LogP contribution in [0.15, 0.2) is 6.07 Å². The van der Waals surface area contributed by atoms with Crippen molar-refractivity contribution in [3.8, 4) is 11.5 Å². The third-order valence-corrected chi connectivity index (χ3v) is 3.03. The van der Waals surface area contributed by atoms with Gasteiger partial charge in [-0.1, -0.05) is 18.5 Å². The summed E-state index contributed by atoms with van der Waals surface area (Å²) in [7, 11) is 3.19. The predicted molar refractivity (Wildman–Crippen MR) is 69.3 cm³/mol. The van der Waals surface area contributed by atoms with Gasteiger partial charge in [0.15, 0.2) is 11.5 Å². The second kappa shape index (κ2) is 6.72. The van der Waals surface area contributed by atoms with Gasteiger partial charge in [-0.25, -0.2) is 0 Å². The zero-order valence-electron chi connectivity index (χ0n) is 10.5. The van der Waals surface area contributed by atoms with E-state index in [4.69, 9.17) is 26.2 Å². The molecule has 0 aliphatic carbocycles. The van der Waals surface area contributed by atoms with Gasteiger partial charge in [-0.15, -0.1) is 0 Å². The summed E-state index contributed by atoms with van der Waals surface area (Å²) in [6, 6.07) is 1.90. The molecule has 0 unspecified atom stereocenters. The SMILES string of the molecule is CCc1c(CCCO)cc(Cl)c(OC)c1OC. The number of rotatable bonds is 6. The van der Waals surface area contributed by atoms with Crippen LogP contribution in [-0.2, 0) is 12.8 Å². The molecule has 4 heteroatoms. The van der Waals surface area contributed by atoms with E-state index in [0.717, 1.165) is 30.4 Å². The molecule has 3 nitrogen and oxygen atoms in total. The minimum atomic E-state index is 0.176. The number of aryl methyl sites for hydroxylation is 1. The smallest absolute Gasteiger partial charge is 0.179 e. The second-order valence-corrected chi connectivity index (χ2v) is 4.15. The van der Waals surface area contributed by atoms with Gasteiger partial charge < -0.3 is 14.6 Å². The topological polar surface area (TPSA) is 38.7 Å². The molecule has 0 radical (unpaired) electrons. The van der Waals surface area contributed by atoms with Crippen LogP contribution < -0.4 is 9.47 Å². The van der Waals surface area contributed by atoms with E-state index in [0.29, 0.717) is 16.5 Å². The van der Waals surface area contributed by atoms with E-state index in [2.05, 4.69) is 6.92 Å². The van der Waals surface area contributed by atoms with Gasteiger partial charge in [0.2, 0.25) is 0 Å². The molecule has 1 rings (SSSR count). The molecule has 0 aromatic heterocycles. The van der Waals surface area contributed by atoms with Crippen molar-refractivity contribution in [2.75, 3.05) is 20.8 Å². The monoisotopic (exact) mass is 258 g/mol. The summed E-state index contributed by atoms with van der Waals surface area (Å²) in [5.41, 5.74) is 2.21. The molecule has 0 saturated heterocycles. The summed E-state index contributed by atoms with van der Waals surface area (Å²) in [4.78, 5) is 0. The molecule has 0 fully saturated rings. The molecule has 0 aliphatic rings. The van der Waals surface area contributed by atoms with Crippen LogP contribution in [0.5, 0.6) is 11.5 Å². The van der Waals surface area contributed by atoms with Crippen LogP contribution in [0.4, 0.5) is 0 Å². The van der Waals surface area contributed by atoms with Gasteiger partial charge in [0.25, 0.3) is 0 Å². The molecule has 0 bridgehead atoms. The second-order valence-electron chi connectivity index (χ2n) is 3.74. The Morgan fingerprint density at radius 1 is 1.24 bits per heavy atom. The maximum atomic E-state index is 8.90. The molecule has 0 amide bonds. The number of hydrogen-bond acceptors (Lipinski definition) is 3. The van der Waals surface area contributed by atoms with E-state index >= 15 is 0 Å². The van der Waals surface area contributed by atoms with E-state index in [9.17, 15) is 0 Å². The molecule has 0 aliphatic heterocycles. The highest BCUT2D eigenvalue weighted by Crippen LogP contribution is 2.40. The molecular weight excluding hydrogens is 240 g/mol. The van der Waals surface area contributed by atoms with Crippen LogP contribution >= 0.6 is 11.6 Å². The summed E-state index contributed by atoms with van der Waals surface area (Å²) >= 11 is 6.15. The number of aliphatic hydroxyl groups excluding tert-OH is 1. The highest BCUT2D eigenvalue weighted by molar-refractivity contribution is 6.32. The molecule has 0 saturated carbocycles. The van der Waals surface area contributed by atoms with Crippen molar-refractivity contribution in [2.45, 2.75) is 26.2 Å². The number of hydrogen-bond donors (Lipinski definition) is 1. The van der Waals surface area contributed by atoms with Gasteiger partial charge in [0, 0.05) is 12.2 Å². The van der Waals surface area contributed by atoms with Gasteiger partial charge in [0.1, 0.15) is 0 Å². The summed E-state index contributed by atoms with van der Waals surface area (Å²) in [6.45, 7) is 2.24. The Labute approximate surface area is 107 Å². The molecule has 1 aromatic carbocycles. The maximum absolute atomic E-state index is 8.90. The average molecular weight is 259 g/mol. The normalized spacial score (nSPS) is 10.4. The first-order valence-corrected chi connectivity index (χ1v) is 6.10. The summed E-state index contributed by atoms with van der Waals surface area (Å²) in [5, 5.41) is 9.45. The summed E-state index contributed by atoms with van der Waals surface area (Å²) in [6.07, 6.45) is 2.36. The van der Waals surface area contributed by atoms with Crippen LogP contribution in [0.3, 0.4) is 0 Å². The minimum Gasteiger partial charge on any atom is -0.493 e. The van der Waals surface area contributed by atoms with Crippen LogP contribution in [-0.4, -0.2) is 25.9 Å². The van der Waals surface area contributed by atoms with Crippen molar-refractivity contribution < 1.29 is 14.6 Å². The van der Waals surface area contributed by atoms with E-state index < -0.39 is 0 Å². The molecule has 1 aromatic rings. The number of benzene rings is 1. The molecule has 17 heavy (non-hydrogen) atoms. The predicted octanol–water partition coefficient (Wildman–Crippen LogP) is 2.84. The van der Waals surface area contributed by atoms with E-state index in [1.165, 1.54) is 0 Å². The Morgan fingerprint density at radius 2 is 1.88 bits per heavy atom. The lowest BCUT2D eigenvalue weighted by atomic mass is 9.99. The van der Waals surface area contributed by atoms with Crippen molar-refractivity contribution in [1.82, 2.24) is 0 Å². The molecule has 0 spiro atoms. The number of ether oxygens (including phenoxy) is 2. The van der Waals surface area contributed by atoms with Crippen LogP contribution in [0.1, 0.15) is 24.5 Å². The third kappa shape index (κ3) is 3.05. The fraction of sp³-hybridized carbons (Fsp3) is 0.538. The Bertz CT molecular complexity index is 377. The number of methoxy groups -OCH3 is 2. The van der Waals surface area contributed by atoms with Gasteiger partial charge >= 0.3 is 0 Å². The van der Waals surface area contributed by atoms with Gasteiger partial charge in [0.05, 0.1) is 19.2 Å². The van der Waals surface area contributed by atoms with Crippen molar-refractivity contribution in [1.29, 1.82) is 0 Å². The number of halogens is 1. The Hall–Kier alpha value is -0.930. The van der Waals surface area contributed by atoms with Gasteiger partial charge in [-0.05, 0) is 30.9 Å². The van der Waals surface area contributed by atoms with Crippen molar-refractivity contribution >= 4 is 11.6 Å². The van der Waals surface area contributed by atoms with Crippen LogP contribution in [0, 0.1) is 0 Å². The first-order chi connectivity index (χ1) is 8.19. The first-order valence-electron chi connectivity index (χ1n) is 5.72. The van der Waals surface area contributed by atoms with Crippen molar-refractivity contribution in [3.05, 3.63) is 22.2 Å². The van der Waals surface area contributed by atoms with Gasteiger partial charge in [-0.3, -0.25) is 0 Å². The molecule has 1 N–H and O–H groups in total. The lowest BCUT2D eigenvalue weighted by molar-refractivity contribution is 0.288. The first kappa shape index (κ1) is 14.1. The lowest BCUT2D eigenvalue weighted by Crippen LogP contribution is -2.02. The fourth-order valence-corrected chi connectivity index (χ4v) is 2.28. The summed E-state index contributed by atoms with van der Waals surface area (Å²) < 4.78 is 10.7. The number of aliphatic hydroxyl groups is 1. The van der Waals surface area contributed by atoms with Crippen LogP contribution in [0.2, 0.25) is 5.02 Å². The average Bonchev–Trinajstić information content (AvgIpc) is 2.35. The molecule has 0 atom stereocenters. The molecular formula is C13H19ClO3. The fourth-order valence-electron chi connectivity index (χ4n) is 1.98. The standard InChI is InChI=1S/C13H19ClO3/c1-4-10-9(6-5-7-15)8-11(14)13(17-3)12(10)16-2/h8,15H,4-7H2,1-3H3. The van der Waals surface area contributed by atoms with E-state index in [1.54, 1.807) is 14.2 Å². The van der Waals surface area contributed by atoms with E-state index in [-0.39, 0.29) is 6.61 Å². The zero-order chi connectivity index (χ0) is 12.8. The summed E-state index contributed by atoms with van der Waals surface area (Å²) in [5.74, 6) is 1.29. The Balaban J connectivity index is 3.26. The largest absolute Gasteiger partial charge is 0.493 e. The molecule has 0 heterocycles. The molecule has 96 valence electrons. The minimum absolute atomic E-state index is 0.176. The van der Waals surface area contributed by atoms with Crippen molar-refractivity contribution in [2.24, 2.45) is 0 Å². The van der Waals surface area contributed by atoms with Crippen molar-refractivity contribution in [3.63, 3.8) is 0 Å². The van der Waals surface area contributed by atoms with Gasteiger partial charge in [-0.2, -0.15) is 0 Å². The Morgan fingerprint density at radius 3 is 2.35 bits per heavy atom. The van der Waals surface area contributed by atoms with Crippen LogP contribution in [0.25, 0.3) is 0 Å². The zero-order valence-corrected chi connectivity index (χ0v) is 11.3. The Kier molecular flexibility index (Phi) is 5.59. The highest BCUT2D eigenvalue weighted by atomic mass is 35.5. The highest BCUT2D eigenvalue weighted by Gasteiger charge is 2.17. The quantitative estimate of drug-likeness (QED) is 0.853. The van der Waals surface area contributed by atoms with E-state index in [1.807, 2.05) is 6.07 Å². The third-order valence-electron chi connectivity index (χ3n) is 2.75. The lowest BCUT2D eigenvalue weighted by Gasteiger charge is -2.17.